The quantitative estimate of drug-likeness (QED) is 0.694. The predicted molar refractivity (Wildman–Crippen MR) is 51.4 cm³/mol. The van der Waals surface area contributed by atoms with Crippen molar-refractivity contribution in [2.45, 2.75) is 32.9 Å². The van der Waals surface area contributed by atoms with Crippen molar-refractivity contribution >= 4 is 0 Å². The highest BCUT2D eigenvalue weighted by Gasteiger charge is 2.08. The molecule has 0 radical (unpaired) electrons. The Morgan fingerprint density at radius 2 is 2.38 bits per heavy atom. The second-order valence-corrected chi connectivity index (χ2v) is 3.24. The molecule has 4 nitrogen and oxygen atoms in total. The molecule has 0 saturated carbocycles. The smallest absolute Gasteiger partial charge is 0.0596 e. The van der Waals surface area contributed by atoms with Gasteiger partial charge in [-0.3, -0.25) is 4.68 Å². The molecule has 0 bridgehead atoms. The van der Waals surface area contributed by atoms with Crippen LogP contribution in [0.25, 0.3) is 0 Å². The van der Waals surface area contributed by atoms with Gasteiger partial charge in [-0.25, -0.2) is 0 Å². The van der Waals surface area contributed by atoms with Crippen molar-refractivity contribution < 1.29 is 5.11 Å². The lowest BCUT2D eigenvalue weighted by atomic mass is 10.2. The summed E-state index contributed by atoms with van der Waals surface area (Å²) in [4.78, 5) is 0. The van der Waals surface area contributed by atoms with E-state index in [4.69, 9.17) is 10.8 Å². The Morgan fingerprint density at radius 3 is 2.92 bits per heavy atom. The molecular weight excluding hydrogens is 166 g/mol. The molecule has 1 unspecified atom stereocenters. The van der Waals surface area contributed by atoms with Gasteiger partial charge in [0, 0.05) is 24.7 Å². The average molecular weight is 183 g/mol. The van der Waals surface area contributed by atoms with Crippen LogP contribution in [0.3, 0.4) is 0 Å². The molecule has 0 spiro atoms. The number of aliphatic hydroxyl groups excluding tert-OH is 1. The molecule has 0 aliphatic heterocycles. The van der Waals surface area contributed by atoms with Crippen LogP contribution in [-0.4, -0.2) is 27.5 Å². The molecule has 1 aromatic rings. The maximum atomic E-state index is 8.81. The lowest BCUT2D eigenvalue weighted by molar-refractivity contribution is 0.263. The van der Waals surface area contributed by atoms with E-state index in [-0.39, 0.29) is 12.6 Å². The van der Waals surface area contributed by atoms with Crippen LogP contribution in [0.4, 0.5) is 0 Å². The molecular formula is C9H17N3O. The van der Waals surface area contributed by atoms with Crippen molar-refractivity contribution in [2.24, 2.45) is 5.73 Å². The number of aliphatic hydroxyl groups is 1. The fourth-order valence-electron chi connectivity index (χ4n) is 1.37. The molecule has 0 aliphatic carbocycles. The van der Waals surface area contributed by atoms with E-state index in [1.54, 1.807) is 0 Å². The standard InChI is InChI=1S/C9H17N3O/c1-3-12-9(4-7(2)11-12)5-8(10)6-13/h4,8,13H,3,5-6,10H2,1-2H3. The minimum atomic E-state index is -0.179. The van der Waals surface area contributed by atoms with Crippen LogP contribution in [0.5, 0.6) is 0 Å². The van der Waals surface area contributed by atoms with Crippen LogP contribution >= 0.6 is 0 Å². The Labute approximate surface area is 78.4 Å². The zero-order chi connectivity index (χ0) is 9.84. The van der Waals surface area contributed by atoms with E-state index in [0.29, 0.717) is 6.42 Å². The lowest BCUT2D eigenvalue weighted by Gasteiger charge is -2.08. The Morgan fingerprint density at radius 1 is 1.69 bits per heavy atom. The van der Waals surface area contributed by atoms with Gasteiger partial charge in [0.2, 0.25) is 0 Å². The molecule has 0 saturated heterocycles. The number of nitrogens with zero attached hydrogens (tertiary/aromatic N) is 2. The van der Waals surface area contributed by atoms with Crippen molar-refractivity contribution in [3.63, 3.8) is 0 Å². The average Bonchev–Trinajstić information content (AvgIpc) is 2.46. The van der Waals surface area contributed by atoms with E-state index >= 15 is 0 Å². The zero-order valence-electron chi connectivity index (χ0n) is 8.20. The molecule has 4 heteroatoms. The molecule has 1 heterocycles. The van der Waals surface area contributed by atoms with E-state index in [0.717, 1.165) is 17.9 Å². The minimum absolute atomic E-state index is 0.0218. The molecule has 1 atom stereocenters. The summed E-state index contributed by atoms with van der Waals surface area (Å²) in [7, 11) is 0. The number of aryl methyl sites for hydroxylation is 2. The number of rotatable bonds is 4. The summed E-state index contributed by atoms with van der Waals surface area (Å²) in [6.45, 7) is 4.87. The van der Waals surface area contributed by atoms with Crippen LogP contribution in [0.15, 0.2) is 6.07 Å². The van der Waals surface area contributed by atoms with Gasteiger partial charge in [-0.05, 0) is 19.9 Å². The van der Waals surface area contributed by atoms with Crippen molar-refractivity contribution in [3.05, 3.63) is 17.5 Å². The van der Waals surface area contributed by atoms with Gasteiger partial charge in [0.25, 0.3) is 0 Å². The fraction of sp³-hybridized carbons (Fsp3) is 0.667. The van der Waals surface area contributed by atoms with Crippen LogP contribution in [0, 0.1) is 6.92 Å². The van der Waals surface area contributed by atoms with E-state index in [2.05, 4.69) is 5.10 Å². The molecule has 0 fully saturated rings. The van der Waals surface area contributed by atoms with Gasteiger partial charge in [-0.15, -0.1) is 0 Å². The number of hydrogen-bond donors (Lipinski definition) is 2. The SMILES string of the molecule is CCn1nc(C)cc1CC(N)CO. The molecule has 0 aromatic carbocycles. The van der Waals surface area contributed by atoms with E-state index in [1.807, 2.05) is 24.6 Å². The summed E-state index contributed by atoms with van der Waals surface area (Å²) in [5.74, 6) is 0. The first-order valence-corrected chi connectivity index (χ1v) is 4.57. The molecule has 1 aromatic heterocycles. The highest BCUT2D eigenvalue weighted by Crippen LogP contribution is 2.05. The summed E-state index contributed by atoms with van der Waals surface area (Å²) in [6.07, 6.45) is 0.686. The van der Waals surface area contributed by atoms with Crippen LogP contribution < -0.4 is 5.73 Å². The summed E-state index contributed by atoms with van der Waals surface area (Å²) in [5.41, 5.74) is 7.75. The summed E-state index contributed by atoms with van der Waals surface area (Å²) >= 11 is 0. The van der Waals surface area contributed by atoms with Crippen LogP contribution in [0.2, 0.25) is 0 Å². The number of aromatic nitrogens is 2. The largest absolute Gasteiger partial charge is 0.395 e. The van der Waals surface area contributed by atoms with Gasteiger partial charge in [-0.1, -0.05) is 0 Å². The van der Waals surface area contributed by atoms with E-state index in [1.165, 1.54) is 0 Å². The van der Waals surface area contributed by atoms with E-state index < -0.39 is 0 Å². The molecule has 1 rings (SSSR count). The first-order valence-electron chi connectivity index (χ1n) is 4.57. The van der Waals surface area contributed by atoms with E-state index in [9.17, 15) is 0 Å². The summed E-state index contributed by atoms with van der Waals surface area (Å²) in [6, 6.07) is 1.83. The monoisotopic (exact) mass is 183 g/mol. The molecule has 74 valence electrons. The Bertz CT molecular complexity index is 270. The van der Waals surface area contributed by atoms with Gasteiger partial charge in [0.1, 0.15) is 0 Å². The van der Waals surface area contributed by atoms with Crippen molar-refractivity contribution in [1.82, 2.24) is 9.78 Å². The van der Waals surface area contributed by atoms with Crippen molar-refractivity contribution in [1.29, 1.82) is 0 Å². The van der Waals surface area contributed by atoms with Crippen LogP contribution in [-0.2, 0) is 13.0 Å². The molecule has 13 heavy (non-hydrogen) atoms. The highest BCUT2D eigenvalue weighted by molar-refractivity contribution is 5.10. The first kappa shape index (κ1) is 10.2. The third-order valence-electron chi connectivity index (χ3n) is 1.99. The van der Waals surface area contributed by atoms with Gasteiger partial charge >= 0.3 is 0 Å². The fourth-order valence-corrected chi connectivity index (χ4v) is 1.37. The summed E-state index contributed by atoms with van der Waals surface area (Å²) < 4.78 is 1.92. The minimum Gasteiger partial charge on any atom is -0.395 e. The van der Waals surface area contributed by atoms with Crippen LogP contribution in [0.1, 0.15) is 18.3 Å². The Kier molecular flexibility index (Phi) is 3.45. The van der Waals surface area contributed by atoms with Gasteiger partial charge < -0.3 is 10.8 Å². The zero-order valence-corrected chi connectivity index (χ0v) is 8.20. The second kappa shape index (κ2) is 4.39. The lowest BCUT2D eigenvalue weighted by Crippen LogP contribution is -2.28. The molecule has 3 N–H and O–H groups in total. The molecule has 0 aliphatic rings. The summed E-state index contributed by atoms with van der Waals surface area (Å²) in [5, 5.41) is 13.1. The maximum absolute atomic E-state index is 8.81. The third-order valence-corrected chi connectivity index (χ3v) is 1.99. The van der Waals surface area contributed by atoms with Gasteiger partial charge in [0.05, 0.1) is 12.3 Å². The topological polar surface area (TPSA) is 64.1 Å². The van der Waals surface area contributed by atoms with Gasteiger partial charge in [-0.2, -0.15) is 5.10 Å². The highest BCUT2D eigenvalue weighted by atomic mass is 16.3. The predicted octanol–water partition coefficient (Wildman–Crippen LogP) is 0.0735. The Hall–Kier alpha value is -0.870. The third kappa shape index (κ3) is 2.54. The van der Waals surface area contributed by atoms with Crippen molar-refractivity contribution in [3.8, 4) is 0 Å². The first-order chi connectivity index (χ1) is 6.17. The number of hydrogen-bond acceptors (Lipinski definition) is 3. The molecule has 0 amide bonds. The van der Waals surface area contributed by atoms with Crippen molar-refractivity contribution in [2.75, 3.05) is 6.61 Å². The Balaban J connectivity index is 2.74. The van der Waals surface area contributed by atoms with Gasteiger partial charge in [0.15, 0.2) is 0 Å². The maximum Gasteiger partial charge on any atom is 0.0596 e. The second-order valence-electron chi connectivity index (χ2n) is 3.24. The number of nitrogens with two attached hydrogens (primary N) is 1. The normalized spacial score (nSPS) is 13.2.